The fourth-order valence-corrected chi connectivity index (χ4v) is 2.91. The molecule has 0 atom stereocenters. The molecule has 0 bridgehead atoms. The van der Waals surface area contributed by atoms with Crippen molar-refractivity contribution in [2.45, 2.75) is 31.7 Å². The van der Waals surface area contributed by atoms with Crippen LogP contribution >= 0.6 is 0 Å². The van der Waals surface area contributed by atoms with Gasteiger partial charge in [0, 0.05) is 38.4 Å². The predicted molar refractivity (Wildman–Crippen MR) is 85.2 cm³/mol. The average molecular weight is 296 g/mol. The first-order chi connectivity index (χ1) is 10.7. The van der Waals surface area contributed by atoms with E-state index in [0.717, 1.165) is 36.1 Å². The van der Waals surface area contributed by atoms with Gasteiger partial charge in [-0.2, -0.15) is 5.10 Å². The first kappa shape index (κ1) is 13.4. The summed E-state index contributed by atoms with van der Waals surface area (Å²) < 4.78 is 0. The first-order valence-electron chi connectivity index (χ1n) is 7.81. The highest BCUT2D eigenvalue weighted by Crippen LogP contribution is 2.38. The molecule has 6 nitrogen and oxygen atoms in total. The number of anilines is 2. The Morgan fingerprint density at radius 3 is 2.50 bits per heavy atom. The monoisotopic (exact) mass is 296 g/mol. The lowest BCUT2D eigenvalue weighted by Gasteiger charge is -2.45. The number of nitrogens with zero attached hydrogens (tertiary/aromatic N) is 6. The Hall–Kier alpha value is -2.24. The molecule has 2 aliphatic rings. The van der Waals surface area contributed by atoms with Gasteiger partial charge in [-0.1, -0.05) is 0 Å². The van der Waals surface area contributed by atoms with E-state index in [9.17, 15) is 0 Å². The van der Waals surface area contributed by atoms with Gasteiger partial charge in [-0.25, -0.2) is 4.98 Å². The third kappa shape index (κ3) is 2.38. The van der Waals surface area contributed by atoms with Gasteiger partial charge < -0.3 is 9.80 Å². The summed E-state index contributed by atoms with van der Waals surface area (Å²) in [4.78, 5) is 13.2. The summed E-state index contributed by atoms with van der Waals surface area (Å²) in [6, 6.07) is 4.68. The second-order valence-corrected chi connectivity index (χ2v) is 6.23. The van der Waals surface area contributed by atoms with Crippen molar-refractivity contribution in [3.63, 3.8) is 0 Å². The molecule has 2 fully saturated rings. The summed E-state index contributed by atoms with van der Waals surface area (Å²) in [5.41, 5.74) is 2.12. The van der Waals surface area contributed by atoms with Crippen LogP contribution in [0.25, 0.3) is 0 Å². The van der Waals surface area contributed by atoms with Crippen molar-refractivity contribution in [2.75, 3.05) is 29.9 Å². The van der Waals surface area contributed by atoms with E-state index in [1.54, 1.807) is 12.4 Å². The lowest BCUT2D eigenvalue weighted by Crippen LogP contribution is -2.59. The van der Waals surface area contributed by atoms with E-state index >= 15 is 0 Å². The maximum absolute atomic E-state index is 4.43. The molecule has 0 unspecified atom stereocenters. The normalized spacial score (nSPS) is 18.2. The minimum atomic E-state index is 0.445. The van der Waals surface area contributed by atoms with Crippen molar-refractivity contribution >= 4 is 11.6 Å². The number of hydrogen-bond donors (Lipinski definition) is 0. The van der Waals surface area contributed by atoms with Crippen LogP contribution in [0.15, 0.2) is 24.5 Å². The van der Waals surface area contributed by atoms with Gasteiger partial charge in [-0.3, -0.25) is 4.98 Å². The van der Waals surface area contributed by atoms with E-state index in [0.29, 0.717) is 12.0 Å². The minimum Gasteiger partial charge on any atom is -0.352 e. The van der Waals surface area contributed by atoms with Gasteiger partial charge in [0.2, 0.25) is 0 Å². The number of rotatable bonds is 4. The molecular weight excluding hydrogens is 276 g/mol. The van der Waals surface area contributed by atoms with Crippen LogP contribution in [0.4, 0.5) is 11.6 Å². The van der Waals surface area contributed by atoms with Crippen LogP contribution in [0.3, 0.4) is 0 Å². The molecule has 0 aromatic carbocycles. The SMILES string of the molecule is Cc1nccnc1N(C)C1CN(c2ccc(C3CC3)nn2)C1. The van der Waals surface area contributed by atoms with Crippen molar-refractivity contribution in [3.05, 3.63) is 35.9 Å². The van der Waals surface area contributed by atoms with Crippen molar-refractivity contribution in [1.29, 1.82) is 0 Å². The van der Waals surface area contributed by atoms with Crippen LogP contribution < -0.4 is 9.80 Å². The van der Waals surface area contributed by atoms with Gasteiger partial charge in [0.15, 0.2) is 5.82 Å². The lowest BCUT2D eigenvalue weighted by atomic mass is 10.1. The van der Waals surface area contributed by atoms with Crippen molar-refractivity contribution < 1.29 is 0 Å². The zero-order chi connectivity index (χ0) is 15.1. The van der Waals surface area contributed by atoms with E-state index in [4.69, 9.17) is 0 Å². The van der Waals surface area contributed by atoms with E-state index in [1.807, 2.05) is 6.92 Å². The molecule has 22 heavy (non-hydrogen) atoms. The highest BCUT2D eigenvalue weighted by atomic mass is 15.4. The van der Waals surface area contributed by atoms with Gasteiger partial charge in [-0.15, -0.1) is 5.10 Å². The molecule has 6 heteroatoms. The first-order valence-corrected chi connectivity index (χ1v) is 7.81. The molecule has 1 aliphatic carbocycles. The molecule has 4 rings (SSSR count). The molecule has 0 N–H and O–H groups in total. The molecule has 1 saturated heterocycles. The molecule has 3 heterocycles. The molecule has 114 valence electrons. The van der Waals surface area contributed by atoms with E-state index in [1.165, 1.54) is 12.8 Å². The molecule has 0 amide bonds. The van der Waals surface area contributed by atoms with Crippen LogP contribution in [0.1, 0.15) is 30.1 Å². The molecule has 2 aromatic heterocycles. The molecule has 2 aromatic rings. The average Bonchev–Trinajstić information content (AvgIpc) is 3.31. The van der Waals surface area contributed by atoms with Gasteiger partial charge >= 0.3 is 0 Å². The Labute approximate surface area is 130 Å². The van der Waals surface area contributed by atoms with Crippen LogP contribution in [-0.4, -0.2) is 46.3 Å². The quantitative estimate of drug-likeness (QED) is 0.857. The van der Waals surface area contributed by atoms with E-state index in [2.05, 4.69) is 49.1 Å². The third-order valence-electron chi connectivity index (χ3n) is 4.59. The van der Waals surface area contributed by atoms with E-state index < -0.39 is 0 Å². The zero-order valence-corrected chi connectivity index (χ0v) is 13.0. The molecule has 1 aliphatic heterocycles. The Balaban J connectivity index is 1.40. The Bertz CT molecular complexity index is 661. The third-order valence-corrected chi connectivity index (χ3v) is 4.59. The molecule has 1 saturated carbocycles. The molecule has 0 spiro atoms. The summed E-state index contributed by atoms with van der Waals surface area (Å²) in [6.07, 6.45) is 6.01. The summed E-state index contributed by atoms with van der Waals surface area (Å²) in [5, 5.41) is 8.73. The zero-order valence-electron chi connectivity index (χ0n) is 13.0. The maximum Gasteiger partial charge on any atom is 0.151 e. The fraction of sp³-hybridized carbons (Fsp3) is 0.500. The standard InChI is InChI=1S/C16H20N6/c1-11-16(18-8-7-17-11)21(2)13-9-22(10-13)15-6-5-14(19-20-15)12-3-4-12/h5-8,12-13H,3-4,9-10H2,1-2H3. The van der Waals surface area contributed by atoms with Crippen LogP contribution in [0.5, 0.6) is 0 Å². The van der Waals surface area contributed by atoms with Gasteiger partial charge in [0.25, 0.3) is 0 Å². The van der Waals surface area contributed by atoms with Crippen LogP contribution in [0, 0.1) is 6.92 Å². The lowest BCUT2D eigenvalue weighted by molar-refractivity contribution is 0.486. The van der Waals surface area contributed by atoms with E-state index in [-0.39, 0.29) is 0 Å². The Kier molecular flexibility index (Phi) is 3.17. The van der Waals surface area contributed by atoms with Gasteiger partial charge in [0.1, 0.15) is 5.82 Å². The highest BCUT2D eigenvalue weighted by Gasteiger charge is 2.33. The Morgan fingerprint density at radius 2 is 1.86 bits per heavy atom. The summed E-state index contributed by atoms with van der Waals surface area (Å²) >= 11 is 0. The number of likely N-dealkylation sites (N-methyl/N-ethyl adjacent to an activating group) is 1. The smallest absolute Gasteiger partial charge is 0.151 e. The highest BCUT2D eigenvalue weighted by molar-refractivity contribution is 5.49. The largest absolute Gasteiger partial charge is 0.352 e. The molecular formula is C16H20N6. The van der Waals surface area contributed by atoms with Crippen LogP contribution in [0.2, 0.25) is 0 Å². The second-order valence-electron chi connectivity index (χ2n) is 6.23. The van der Waals surface area contributed by atoms with Crippen molar-refractivity contribution in [1.82, 2.24) is 20.2 Å². The second kappa shape index (κ2) is 5.19. The predicted octanol–water partition coefficient (Wildman–Crippen LogP) is 1.78. The van der Waals surface area contributed by atoms with Crippen LogP contribution in [-0.2, 0) is 0 Å². The van der Waals surface area contributed by atoms with Gasteiger partial charge in [0.05, 0.1) is 17.4 Å². The molecule has 0 radical (unpaired) electrons. The summed E-state index contributed by atoms with van der Waals surface area (Å²) in [6.45, 7) is 3.89. The fourth-order valence-electron chi connectivity index (χ4n) is 2.91. The summed E-state index contributed by atoms with van der Waals surface area (Å²) in [7, 11) is 2.08. The Morgan fingerprint density at radius 1 is 1.09 bits per heavy atom. The summed E-state index contributed by atoms with van der Waals surface area (Å²) in [5.74, 6) is 2.60. The number of aryl methyl sites for hydroxylation is 1. The maximum atomic E-state index is 4.43. The number of aromatic nitrogens is 4. The van der Waals surface area contributed by atoms with Crippen molar-refractivity contribution in [3.8, 4) is 0 Å². The van der Waals surface area contributed by atoms with Crippen molar-refractivity contribution in [2.24, 2.45) is 0 Å². The number of hydrogen-bond acceptors (Lipinski definition) is 6. The van der Waals surface area contributed by atoms with Gasteiger partial charge in [-0.05, 0) is 31.9 Å². The topological polar surface area (TPSA) is 58.0 Å². The minimum absolute atomic E-state index is 0.445.